The summed E-state index contributed by atoms with van der Waals surface area (Å²) in [4.78, 5) is 11.2. The lowest BCUT2D eigenvalue weighted by atomic mass is 9.98. The molecular weight excluding hydrogens is 319 g/mol. The third kappa shape index (κ3) is 4.00. The lowest BCUT2D eigenvalue weighted by Gasteiger charge is -2.10. The van der Waals surface area contributed by atoms with Crippen molar-refractivity contribution in [2.75, 3.05) is 0 Å². The highest BCUT2D eigenvalue weighted by Crippen LogP contribution is 2.32. The van der Waals surface area contributed by atoms with Crippen molar-refractivity contribution in [1.29, 1.82) is 0 Å². The smallest absolute Gasteiger partial charge is 0.335 e. The van der Waals surface area contributed by atoms with Crippen LogP contribution in [0.15, 0.2) is 65.7 Å². The van der Waals surface area contributed by atoms with Gasteiger partial charge in [0.25, 0.3) is 0 Å². The monoisotopic (exact) mass is 332 g/mol. The van der Waals surface area contributed by atoms with Crippen LogP contribution in [0, 0.1) is 6.92 Å². The first-order chi connectivity index (χ1) is 10.5. The van der Waals surface area contributed by atoms with Crippen molar-refractivity contribution in [3.05, 3.63) is 82.4 Å². The Bertz CT molecular complexity index is 710. The molecule has 0 spiro atoms. The molecule has 0 saturated carbocycles. The number of ether oxygens (including phenoxy) is 1. The van der Waals surface area contributed by atoms with Gasteiger partial charge in [-0.3, -0.25) is 0 Å². The highest BCUT2D eigenvalue weighted by molar-refractivity contribution is 6.59. The van der Waals surface area contributed by atoms with E-state index < -0.39 is 5.97 Å². The third-order valence-electron chi connectivity index (χ3n) is 3.06. The van der Waals surface area contributed by atoms with Crippen LogP contribution in [0.25, 0.3) is 5.57 Å². The Hall–Kier alpha value is -2.03. The molecule has 2 rings (SSSR count). The van der Waals surface area contributed by atoms with Crippen molar-refractivity contribution in [3.8, 4) is 5.75 Å². The number of halogens is 2. The van der Waals surface area contributed by atoms with Gasteiger partial charge in [0.1, 0.15) is 10.2 Å². The minimum Gasteiger partial charge on any atom is -0.423 e. The van der Waals surface area contributed by atoms with Crippen LogP contribution >= 0.6 is 23.2 Å². The number of benzene rings is 2. The Labute approximate surface area is 139 Å². The zero-order valence-electron chi connectivity index (χ0n) is 12.0. The summed E-state index contributed by atoms with van der Waals surface area (Å²) in [5, 5.41) is 0. The van der Waals surface area contributed by atoms with Crippen molar-refractivity contribution < 1.29 is 9.53 Å². The SMILES string of the molecule is C=CC(=O)Oc1ccc(C(=C(Cl)Cl)c2ccc(C)cc2)cc1. The van der Waals surface area contributed by atoms with E-state index in [9.17, 15) is 4.79 Å². The van der Waals surface area contributed by atoms with Crippen LogP contribution in [0.2, 0.25) is 0 Å². The Morgan fingerprint density at radius 3 is 1.95 bits per heavy atom. The van der Waals surface area contributed by atoms with Crippen molar-refractivity contribution >= 4 is 34.7 Å². The zero-order chi connectivity index (χ0) is 16.1. The Kier molecular flexibility index (Phi) is 5.42. The van der Waals surface area contributed by atoms with Gasteiger partial charge in [-0.15, -0.1) is 0 Å². The topological polar surface area (TPSA) is 26.3 Å². The Balaban J connectivity index is 2.34. The molecule has 0 aliphatic heterocycles. The summed E-state index contributed by atoms with van der Waals surface area (Å²) in [7, 11) is 0. The van der Waals surface area contributed by atoms with E-state index >= 15 is 0 Å². The van der Waals surface area contributed by atoms with Crippen LogP contribution in [0.5, 0.6) is 5.75 Å². The molecule has 0 bridgehead atoms. The maximum absolute atomic E-state index is 11.2. The van der Waals surface area contributed by atoms with Crippen LogP contribution in [-0.2, 0) is 4.79 Å². The second-order valence-electron chi connectivity index (χ2n) is 4.65. The van der Waals surface area contributed by atoms with E-state index in [0.717, 1.165) is 28.3 Å². The van der Waals surface area contributed by atoms with Crippen LogP contribution in [0.4, 0.5) is 0 Å². The first-order valence-electron chi connectivity index (χ1n) is 6.58. The fourth-order valence-electron chi connectivity index (χ4n) is 1.95. The lowest BCUT2D eigenvalue weighted by molar-refractivity contribution is -0.128. The summed E-state index contributed by atoms with van der Waals surface area (Å²) in [6, 6.07) is 14.9. The molecule has 0 fully saturated rings. The van der Waals surface area contributed by atoms with E-state index in [4.69, 9.17) is 27.9 Å². The molecule has 0 heterocycles. The van der Waals surface area contributed by atoms with E-state index in [2.05, 4.69) is 6.58 Å². The van der Waals surface area contributed by atoms with E-state index in [0.29, 0.717) is 5.75 Å². The molecule has 0 N–H and O–H groups in total. The lowest BCUT2D eigenvalue weighted by Crippen LogP contribution is -2.02. The summed E-state index contributed by atoms with van der Waals surface area (Å²) < 4.78 is 5.22. The van der Waals surface area contributed by atoms with Gasteiger partial charge < -0.3 is 4.74 Å². The van der Waals surface area contributed by atoms with E-state index in [1.165, 1.54) is 0 Å². The van der Waals surface area contributed by atoms with Gasteiger partial charge in [-0.25, -0.2) is 4.79 Å². The molecule has 0 unspecified atom stereocenters. The Morgan fingerprint density at radius 2 is 1.50 bits per heavy atom. The minimum absolute atomic E-state index is 0.180. The molecule has 0 saturated heterocycles. The molecule has 4 heteroatoms. The van der Waals surface area contributed by atoms with Crippen LogP contribution in [0.3, 0.4) is 0 Å². The highest BCUT2D eigenvalue weighted by Gasteiger charge is 2.10. The normalized spacial score (nSPS) is 9.95. The summed E-state index contributed by atoms with van der Waals surface area (Å²) in [5.74, 6) is -0.0694. The van der Waals surface area contributed by atoms with Crippen LogP contribution in [-0.4, -0.2) is 5.97 Å². The maximum Gasteiger partial charge on any atom is 0.335 e. The average molecular weight is 333 g/mol. The fourth-order valence-corrected chi connectivity index (χ4v) is 2.39. The number of carbonyl (C=O) groups excluding carboxylic acids is 1. The first-order valence-corrected chi connectivity index (χ1v) is 7.34. The molecule has 2 aromatic rings. The number of carbonyl (C=O) groups is 1. The molecule has 112 valence electrons. The Morgan fingerprint density at radius 1 is 1.00 bits per heavy atom. The number of esters is 1. The summed E-state index contributed by atoms with van der Waals surface area (Å²) in [6.45, 7) is 5.37. The second-order valence-corrected chi connectivity index (χ2v) is 5.60. The maximum atomic E-state index is 11.2. The van der Waals surface area contributed by atoms with Gasteiger partial charge in [-0.1, -0.05) is 71.7 Å². The number of hydrogen-bond acceptors (Lipinski definition) is 2. The molecule has 22 heavy (non-hydrogen) atoms. The summed E-state index contributed by atoms with van der Waals surface area (Å²) >= 11 is 12.1. The van der Waals surface area contributed by atoms with Crippen molar-refractivity contribution in [2.24, 2.45) is 0 Å². The van der Waals surface area contributed by atoms with Crippen LogP contribution < -0.4 is 4.74 Å². The zero-order valence-corrected chi connectivity index (χ0v) is 13.5. The molecule has 2 nitrogen and oxygen atoms in total. The molecule has 0 aromatic heterocycles. The number of rotatable bonds is 4. The summed E-state index contributed by atoms with van der Waals surface area (Å²) in [6.07, 6.45) is 1.11. The van der Waals surface area contributed by atoms with Crippen LogP contribution in [0.1, 0.15) is 16.7 Å². The van der Waals surface area contributed by atoms with E-state index in [1.54, 1.807) is 24.3 Å². The minimum atomic E-state index is -0.502. The van der Waals surface area contributed by atoms with Gasteiger partial charge >= 0.3 is 5.97 Å². The van der Waals surface area contributed by atoms with Crippen molar-refractivity contribution in [1.82, 2.24) is 0 Å². The number of aryl methyl sites for hydroxylation is 1. The molecular formula is C18H14Cl2O2. The predicted molar refractivity (Wildman–Crippen MR) is 91.2 cm³/mol. The van der Waals surface area contributed by atoms with Gasteiger partial charge in [-0.2, -0.15) is 0 Å². The first kappa shape index (κ1) is 16.3. The van der Waals surface area contributed by atoms with E-state index in [1.807, 2.05) is 31.2 Å². The molecule has 0 atom stereocenters. The predicted octanol–water partition coefficient (Wildman–Crippen LogP) is 5.28. The van der Waals surface area contributed by atoms with Gasteiger partial charge in [0.05, 0.1) is 0 Å². The molecule has 0 aliphatic carbocycles. The summed E-state index contributed by atoms with van der Waals surface area (Å²) in [5.41, 5.74) is 3.63. The van der Waals surface area contributed by atoms with Gasteiger partial charge in [0, 0.05) is 11.6 Å². The molecule has 2 aromatic carbocycles. The standard InChI is InChI=1S/C18H14Cl2O2/c1-3-16(21)22-15-10-8-14(9-11-15)17(18(19)20)13-6-4-12(2)5-7-13/h3-11H,1H2,2H3. The third-order valence-corrected chi connectivity index (χ3v) is 3.44. The molecule has 0 amide bonds. The van der Waals surface area contributed by atoms with Gasteiger partial charge in [-0.05, 0) is 30.2 Å². The second kappa shape index (κ2) is 7.30. The van der Waals surface area contributed by atoms with Crippen molar-refractivity contribution in [3.63, 3.8) is 0 Å². The average Bonchev–Trinajstić information content (AvgIpc) is 2.50. The van der Waals surface area contributed by atoms with Gasteiger partial charge in [0.2, 0.25) is 0 Å². The van der Waals surface area contributed by atoms with Gasteiger partial charge in [0.15, 0.2) is 0 Å². The van der Waals surface area contributed by atoms with E-state index in [-0.39, 0.29) is 4.49 Å². The van der Waals surface area contributed by atoms with Crippen molar-refractivity contribution in [2.45, 2.75) is 6.92 Å². The fraction of sp³-hybridized carbons (Fsp3) is 0.0556. The highest BCUT2D eigenvalue weighted by atomic mass is 35.5. The molecule has 0 aliphatic rings. The largest absolute Gasteiger partial charge is 0.423 e. The quantitative estimate of drug-likeness (QED) is 0.432. The molecule has 0 radical (unpaired) electrons. The number of hydrogen-bond donors (Lipinski definition) is 0.